The molecule has 2 aromatic rings. The second-order valence-electron chi connectivity index (χ2n) is 5.18. The van der Waals surface area contributed by atoms with Crippen molar-refractivity contribution in [1.82, 2.24) is 0 Å². The zero-order valence-electron chi connectivity index (χ0n) is 12.6. The van der Waals surface area contributed by atoms with Crippen LogP contribution in [0.1, 0.15) is 25.8 Å². The highest BCUT2D eigenvalue weighted by Crippen LogP contribution is 2.29. The van der Waals surface area contributed by atoms with Crippen LogP contribution in [0.5, 0.6) is 5.75 Å². The monoisotopic (exact) mass is 288 g/mol. The first-order chi connectivity index (χ1) is 9.96. The van der Waals surface area contributed by atoms with Gasteiger partial charge in [0.05, 0.1) is 25.7 Å². The summed E-state index contributed by atoms with van der Waals surface area (Å²) in [5, 5.41) is 12.5. The number of carbonyl (C=O) groups excluding carboxylic acids is 1. The lowest BCUT2D eigenvalue weighted by Gasteiger charge is -2.23. The lowest BCUT2D eigenvalue weighted by molar-refractivity contribution is -0.148. The van der Waals surface area contributed by atoms with Crippen LogP contribution >= 0.6 is 0 Å². The quantitative estimate of drug-likeness (QED) is 0.859. The first kappa shape index (κ1) is 15.3. The molecule has 0 aliphatic rings. The van der Waals surface area contributed by atoms with Gasteiger partial charge in [0, 0.05) is 0 Å². The van der Waals surface area contributed by atoms with Crippen molar-refractivity contribution >= 4 is 16.7 Å². The molecule has 0 aromatic heterocycles. The van der Waals surface area contributed by atoms with Gasteiger partial charge in [0.25, 0.3) is 0 Å². The molecule has 0 spiro atoms. The largest absolute Gasteiger partial charge is 0.497 e. The molecule has 0 radical (unpaired) electrons. The van der Waals surface area contributed by atoms with Crippen molar-refractivity contribution in [3.8, 4) is 5.75 Å². The number of methoxy groups -OCH3 is 1. The van der Waals surface area contributed by atoms with E-state index in [1.54, 1.807) is 21.0 Å². The molecule has 112 valence electrons. The summed E-state index contributed by atoms with van der Waals surface area (Å²) in [5.74, 6) is 0.380. The molecule has 0 saturated heterocycles. The third-order valence-corrected chi connectivity index (χ3v) is 3.46. The molecular weight excluding hydrogens is 268 g/mol. The first-order valence-corrected chi connectivity index (χ1v) is 6.92. The van der Waals surface area contributed by atoms with Gasteiger partial charge in [-0.2, -0.15) is 0 Å². The number of hydrogen-bond donors (Lipinski definition) is 1. The molecule has 0 amide bonds. The maximum Gasteiger partial charge on any atom is 0.309 e. The van der Waals surface area contributed by atoms with E-state index in [0.717, 1.165) is 16.5 Å². The Hall–Kier alpha value is -2.07. The Morgan fingerprint density at radius 2 is 1.86 bits per heavy atom. The van der Waals surface area contributed by atoms with E-state index in [1.165, 1.54) is 0 Å². The molecule has 0 aliphatic heterocycles. The fourth-order valence-electron chi connectivity index (χ4n) is 2.28. The van der Waals surface area contributed by atoms with E-state index in [9.17, 15) is 9.90 Å². The van der Waals surface area contributed by atoms with Gasteiger partial charge in [-0.25, -0.2) is 0 Å². The van der Waals surface area contributed by atoms with Crippen LogP contribution in [0.3, 0.4) is 0 Å². The molecule has 2 aromatic carbocycles. The molecule has 0 fully saturated rings. The van der Waals surface area contributed by atoms with Crippen molar-refractivity contribution in [2.45, 2.75) is 25.9 Å². The van der Waals surface area contributed by atoms with Crippen molar-refractivity contribution in [2.75, 3.05) is 13.7 Å². The van der Waals surface area contributed by atoms with Crippen molar-refractivity contribution in [3.05, 3.63) is 42.0 Å². The Morgan fingerprint density at radius 1 is 1.19 bits per heavy atom. The molecule has 0 heterocycles. The van der Waals surface area contributed by atoms with E-state index in [2.05, 4.69) is 0 Å². The van der Waals surface area contributed by atoms with Crippen LogP contribution in [0, 0.1) is 0 Å². The van der Waals surface area contributed by atoms with E-state index in [0.29, 0.717) is 12.2 Å². The van der Waals surface area contributed by atoms with Crippen LogP contribution in [0.25, 0.3) is 10.8 Å². The molecule has 4 heteroatoms. The molecule has 4 nitrogen and oxygen atoms in total. The number of carbonyl (C=O) groups is 1. The zero-order valence-corrected chi connectivity index (χ0v) is 12.6. The molecule has 0 saturated carbocycles. The van der Waals surface area contributed by atoms with Gasteiger partial charge >= 0.3 is 5.97 Å². The van der Waals surface area contributed by atoms with Gasteiger partial charge in [-0.1, -0.05) is 18.2 Å². The fraction of sp³-hybridized carbons (Fsp3) is 0.353. The maximum atomic E-state index is 11.6. The summed E-state index contributed by atoms with van der Waals surface area (Å²) in [6.45, 7) is 3.68. The lowest BCUT2D eigenvalue weighted by Crippen LogP contribution is -2.26. The smallest absolute Gasteiger partial charge is 0.309 e. The van der Waals surface area contributed by atoms with Gasteiger partial charge in [0.15, 0.2) is 0 Å². The lowest BCUT2D eigenvalue weighted by atomic mass is 9.91. The molecule has 1 N–H and O–H groups in total. The van der Waals surface area contributed by atoms with Crippen molar-refractivity contribution in [2.24, 2.45) is 0 Å². The van der Waals surface area contributed by atoms with E-state index in [4.69, 9.17) is 9.47 Å². The fourth-order valence-corrected chi connectivity index (χ4v) is 2.28. The van der Waals surface area contributed by atoms with E-state index in [-0.39, 0.29) is 6.42 Å². The molecule has 2 rings (SSSR count). The average Bonchev–Trinajstić information content (AvgIpc) is 2.45. The summed E-state index contributed by atoms with van der Waals surface area (Å²) in [4.78, 5) is 11.6. The number of aliphatic hydroxyl groups is 1. The molecule has 0 aliphatic carbocycles. The zero-order chi connectivity index (χ0) is 15.5. The average molecular weight is 288 g/mol. The van der Waals surface area contributed by atoms with Gasteiger partial charge in [-0.15, -0.1) is 0 Å². The van der Waals surface area contributed by atoms with Crippen molar-refractivity contribution in [3.63, 3.8) is 0 Å². The van der Waals surface area contributed by atoms with Gasteiger partial charge in [0.1, 0.15) is 5.75 Å². The van der Waals surface area contributed by atoms with Gasteiger partial charge in [-0.3, -0.25) is 4.79 Å². The topological polar surface area (TPSA) is 55.8 Å². The summed E-state index contributed by atoms with van der Waals surface area (Å²) in [6, 6.07) is 11.3. The number of hydrogen-bond acceptors (Lipinski definition) is 4. The second kappa shape index (κ2) is 6.14. The number of benzene rings is 2. The normalized spacial score (nSPS) is 13.7. The molecule has 1 atom stereocenters. The minimum Gasteiger partial charge on any atom is -0.497 e. The highest BCUT2D eigenvalue weighted by atomic mass is 16.5. The van der Waals surface area contributed by atoms with E-state index in [1.807, 2.05) is 36.4 Å². The SMILES string of the molecule is CCOC(=O)CC(C)(O)c1ccc2cc(OC)ccc2c1. The van der Waals surface area contributed by atoms with Crippen LogP contribution < -0.4 is 4.74 Å². The van der Waals surface area contributed by atoms with E-state index < -0.39 is 11.6 Å². The van der Waals surface area contributed by atoms with Crippen molar-refractivity contribution in [1.29, 1.82) is 0 Å². The second-order valence-corrected chi connectivity index (χ2v) is 5.18. The van der Waals surface area contributed by atoms with Crippen LogP contribution in [-0.4, -0.2) is 24.8 Å². The number of fused-ring (bicyclic) bond motifs is 1. The van der Waals surface area contributed by atoms with Crippen molar-refractivity contribution < 1.29 is 19.4 Å². The summed E-state index contributed by atoms with van der Waals surface area (Å²) >= 11 is 0. The van der Waals surface area contributed by atoms with Gasteiger partial charge in [0.2, 0.25) is 0 Å². The number of rotatable bonds is 5. The number of esters is 1. The minimum atomic E-state index is -1.25. The Kier molecular flexibility index (Phi) is 4.48. The number of ether oxygens (including phenoxy) is 2. The molecule has 21 heavy (non-hydrogen) atoms. The Morgan fingerprint density at radius 3 is 2.52 bits per heavy atom. The summed E-state index contributed by atoms with van der Waals surface area (Å²) in [5.41, 5.74) is -0.561. The molecule has 0 bridgehead atoms. The summed E-state index contributed by atoms with van der Waals surface area (Å²) in [7, 11) is 1.62. The predicted octanol–water partition coefficient (Wildman–Crippen LogP) is 3.01. The van der Waals surface area contributed by atoms with Gasteiger partial charge in [-0.05, 0) is 48.4 Å². The van der Waals surface area contributed by atoms with Crippen LogP contribution in [0.2, 0.25) is 0 Å². The Labute approximate surface area is 124 Å². The predicted molar refractivity (Wildman–Crippen MR) is 81.3 cm³/mol. The van der Waals surface area contributed by atoms with E-state index >= 15 is 0 Å². The third-order valence-electron chi connectivity index (χ3n) is 3.46. The first-order valence-electron chi connectivity index (χ1n) is 6.92. The highest BCUT2D eigenvalue weighted by molar-refractivity contribution is 5.85. The Bertz CT molecular complexity index is 646. The Balaban J connectivity index is 2.31. The third kappa shape index (κ3) is 3.52. The van der Waals surface area contributed by atoms with Gasteiger partial charge < -0.3 is 14.6 Å². The van der Waals surface area contributed by atoms with Crippen LogP contribution in [0.4, 0.5) is 0 Å². The van der Waals surface area contributed by atoms with Crippen LogP contribution in [-0.2, 0) is 15.1 Å². The summed E-state index contributed by atoms with van der Waals surface area (Å²) in [6.07, 6.45) is -0.0670. The minimum absolute atomic E-state index is 0.0670. The molecular formula is C17H20O4. The molecule has 1 unspecified atom stereocenters. The standard InChI is InChI=1S/C17H20O4/c1-4-21-16(18)11-17(2,19)14-7-5-13-10-15(20-3)8-6-12(13)9-14/h5-10,19H,4,11H2,1-3H3. The summed E-state index contributed by atoms with van der Waals surface area (Å²) < 4.78 is 10.1. The maximum absolute atomic E-state index is 11.6. The van der Waals surface area contributed by atoms with Crippen LogP contribution in [0.15, 0.2) is 36.4 Å². The highest BCUT2D eigenvalue weighted by Gasteiger charge is 2.27.